The fourth-order valence-electron chi connectivity index (χ4n) is 2.83. The van der Waals surface area contributed by atoms with Crippen LogP contribution in [0.5, 0.6) is 0 Å². The highest BCUT2D eigenvalue weighted by Gasteiger charge is 2.27. The van der Waals surface area contributed by atoms with Gasteiger partial charge in [0.05, 0.1) is 12.1 Å². The molecule has 1 aromatic rings. The predicted molar refractivity (Wildman–Crippen MR) is 74.5 cm³/mol. The van der Waals surface area contributed by atoms with Gasteiger partial charge in [-0.15, -0.1) is 0 Å². The molecule has 0 aliphatic carbocycles. The molecule has 0 aromatic heterocycles. The topological polar surface area (TPSA) is 38.5 Å². The summed E-state index contributed by atoms with van der Waals surface area (Å²) in [5, 5.41) is 0. The van der Waals surface area contributed by atoms with E-state index in [0.29, 0.717) is 12.1 Å². The number of hydrogen-bond acceptors (Lipinski definition) is 3. The first-order valence-electron chi connectivity index (χ1n) is 6.88. The minimum absolute atomic E-state index is 0.0575. The summed E-state index contributed by atoms with van der Waals surface area (Å²) in [4.78, 5) is 2.25. The van der Waals surface area contributed by atoms with Crippen LogP contribution in [0.15, 0.2) is 18.2 Å². The molecule has 2 atom stereocenters. The second kappa shape index (κ2) is 6.46. The van der Waals surface area contributed by atoms with Crippen LogP contribution in [0.3, 0.4) is 0 Å². The number of benzene rings is 1. The maximum absolute atomic E-state index is 14.0. The van der Waals surface area contributed by atoms with Crippen LogP contribution in [-0.4, -0.2) is 37.7 Å². The Kier molecular flexibility index (Phi) is 4.91. The van der Waals surface area contributed by atoms with Crippen molar-refractivity contribution in [2.24, 2.45) is 5.73 Å². The first-order valence-corrected chi connectivity index (χ1v) is 6.88. The number of nitrogens with two attached hydrogens (primary N) is 1. The lowest BCUT2D eigenvalue weighted by Crippen LogP contribution is -2.44. The minimum Gasteiger partial charge on any atom is -0.380 e. The van der Waals surface area contributed by atoms with Crippen molar-refractivity contribution in [3.8, 4) is 0 Å². The maximum Gasteiger partial charge on any atom is 0.128 e. The number of aryl methyl sites for hydroxylation is 1. The van der Waals surface area contributed by atoms with E-state index in [1.165, 1.54) is 6.07 Å². The number of piperidine rings is 1. The number of rotatable bonds is 4. The number of likely N-dealkylation sites (tertiary alicyclic amines) is 1. The molecule has 0 saturated carbocycles. The Morgan fingerprint density at radius 2 is 2.32 bits per heavy atom. The first-order chi connectivity index (χ1) is 9.15. The Balaban J connectivity index is 2.21. The van der Waals surface area contributed by atoms with Crippen molar-refractivity contribution in [1.29, 1.82) is 0 Å². The summed E-state index contributed by atoms with van der Waals surface area (Å²) in [5.74, 6) is -0.166. The normalized spacial score (nSPS) is 22.4. The molecule has 0 bridgehead atoms. The maximum atomic E-state index is 14.0. The Bertz CT molecular complexity index is 425. The van der Waals surface area contributed by atoms with Gasteiger partial charge in [-0.3, -0.25) is 4.90 Å². The Morgan fingerprint density at radius 3 is 3.00 bits per heavy atom. The van der Waals surface area contributed by atoms with Crippen LogP contribution in [0.4, 0.5) is 4.39 Å². The van der Waals surface area contributed by atoms with Crippen molar-refractivity contribution in [1.82, 2.24) is 4.90 Å². The van der Waals surface area contributed by atoms with Gasteiger partial charge in [-0.25, -0.2) is 4.39 Å². The Labute approximate surface area is 114 Å². The van der Waals surface area contributed by atoms with Crippen LogP contribution in [0.2, 0.25) is 0 Å². The van der Waals surface area contributed by atoms with Gasteiger partial charge < -0.3 is 10.5 Å². The third-order valence-corrected chi connectivity index (χ3v) is 3.92. The number of halogens is 1. The molecule has 1 aromatic carbocycles. The van der Waals surface area contributed by atoms with E-state index in [1.807, 2.05) is 13.0 Å². The molecule has 1 fully saturated rings. The quantitative estimate of drug-likeness (QED) is 0.908. The lowest BCUT2D eigenvalue weighted by Gasteiger charge is -2.37. The van der Waals surface area contributed by atoms with E-state index >= 15 is 0 Å². The molecule has 0 spiro atoms. The van der Waals surface area contributed by atoms with E-state index in [0.717, 1.165) is 31.5 Å². The molecular formula is C15H23FN2O. The van der Waals surface area contributed by atoms with Gasteiger partial charge in [-0.1, -0.05) is 17.7 Å². The second-order valence-electron chi connectivity index (χ2n) is 5.27. The molecule has 19 heavy (non-hydrogen) atoms. The average molecular weight is 266 g/mol. The van der Waals surface area contributed by atoms with Gasteiger partial charge in [0.15, 0.2) is 0 Å². The van der Waals surface area contributed by atoms with Gasteiger partial charge in [-0.05, 0) is 32.4 Å². The molecule has 0 amide bonds. The Morgan fingerprint density at radius 1 is 1.53 bits per heavy atom. The molecule has 1 heterocycles. The van der Waals surface area contributed by atoms with Gasteiger partial charge in [0, 0.05) is 25.8 Å². The fraction of sp³-hybridized carbons (Fsp3) is 0.600. The third-order valence-electron chi connectivity index (χ3n) is 3.92. The van der Waals surface area contributed by atoms with Crippen molar-refractivity contribution in [2.45, 2.75) is 31.9 Å². The molecule has 106 valence electrons. The molecule has 1 aliphatic heterocycles. The summed E-state index contributed by atoms with van der Waals surface area (Å²) >= 11 is 0. The van der Waals surface area contributed by atoms with Gasteiger partial charge >= 0.3 is 0 Å². The van der Waals surface area contributed by atoms with Crippen LogP contribution in [-0.2, 0) is 4.74 Å². The monoisotopic (exact) mass is 266 g/mol. The number of ether oxygens (including phenoxy) is 1. The molecular weight excluding hydrogens is 243 g/mol. The lowest BCUT2D eigenvalue weighted by molar-refractivity contribution is 0.0149. The first kappa shape index (κ1) is 14.4. The Hall–Kier alpha value is -0.970. The van der Waals surface area contributed by atoms with E-state index in [-0.39, 0.29) is 18.0 Å². The van der Waals surface area contributed by atoms with E-state index in [2.05, 4.69) is 4.90 Å². The van der Waals surface area contributed by atoms with Crippen LogP contribution >= 0.6 is 0 Å². The van der Waals surface area contributed by atoms with Crippen molar-refractivity contribution < 1.29 is 9.13 Å². The fourth-order valence-corrected chi connectivity index (χ4v) is 2.83. The SMILES string of the molecule is COC1CCCN(C(CN)c2cc(C)ccc2F)C1. The molecule has 1 saturated heterocycles. The van der Waals surface area contributed by atoms with Crippen LogP contribution in [0.1, 0.15) is 30.0 Å². The summed E-state index contributed by atoms with van der Waals surface area (Å²) in [5.41, 5.74) is 7.66. The summed E-state index contributed by atoms with van der Waals surface area (Å²) in [6.45, 7) is 4.18. The highest BCUT2D eigenvalue weighted by atomic mass is 19.1. The zero-order valence-corrected chi connectivity index (χ0v) is 11.7. The zero-order valence-electron chi connectivity index (χ0n) is 11.7. The van der Waals surface area contributed by atoms with Crippen molar-refractivity contribution in [3.63, 3.8) is 0 Å². The molecule has 2 N–H and O–H groups in total. The molecule has 3 nitrogen and oxygen atoms in total. The summed E-state index contributed by atoms with van der Waals surface area (Å²) in [6.07, 6.45) is 2.37. The van der Waals surface area contributed by atoms with Crippen LogP contribution < -0.4 is 5.73 Å². The number of hydrogen-bond donors (Lipinski definition) is 1. The largest absolute Gasteiger partial charge is 0.380 e. The molecule has 1 aliphatic rings. The smallest absolute Gasteiger partial charge is 0.128 e. The minimum atomic E-state index is -0.166. The predicted octanol–water partition coefficient (Wildman–Crippen LogP) is 2.24. The van der Waals surface area contributed by atoms with Gasteiger partial charge in [-0.2, -0.15) is 0 Å². The number of nitrogens with zero attached hydrogens (tertiary/aromatic N) is 1. The highest BCUT2D eigenvalue weighted by Crippen LogP contribution is 2.27. The number of methoxy groups -OCH3 is 1. The highest BCUT2D eigenvalue weighted by molar-refractivity contribution is 5.27. The van der Waals surface area contributed by atoms with Crippen molar-refractivity contribution in [3.05, 3.63) is 35.1 Å². The molecule has 4 heteroatoms. The van der Waals surface area contributed by atoms with Crippen LogP contribution in [0.25, 0.3) is 0 Å². The summed E-state index contributed by atoms with van der Waals surface area (Å²) in [6, 6.07) is 5.17. The van der Waals surface area contributed by atoms with Gasteiger partial charge in [0.1, 0.15) is 5.82 Å². The van der Waals surface area contributed by atoms with Crippen LogP contribution in [0, 0.1) is 12.7 Å². The third kappa shape index (κ3) is 3.32. The second-order valence-corrected chi connectivity index (χ2v) is 5.27. The zero-order chi connectivity index (χ0) is 13.8. The van der Waals surface area contributed by atoms with E-state index in [9.17, 15) is 4.39 Å². The summed E-state index contributed by atoms with van der Waals surface area (Å²) < 4.78 is 19.5. The molecule has 0 radical (unpaired) electrons. The summed E-state index contributed by atoms with van der Waals surface area (Å²) in [7, 11) is 1.73. The lowest BCUT2D eigenvalue weighted by atomic mass is 9.98. The van der Waals surface area contributed by atoms with Gasteiger partial charge in [0.25, 0.3) is 0 Å². The van der Waals surface area contributed by atoms with E-state index in [4.69, 9.17) is 10.5 Å². The average Bonchev–Trinajstić information content (AvgIpc) is 2.44. The van der Waals surface area contributed by atoms with Crippen molar-refractivity contribution in [2.75, 3.05) is 26.7 Å². The molecule has 2 rings (SSSR count). The standard InChI is InChI=1S/C15H23FN2O/c1-11-5-6-14(16)13(8-11)15(9-17)18-7-3-4-12(10-18)19-2/h5-6,8,12,15H,3-4,7,9-10,17H2,1-2H3. The van der Waals surface area contributed by atoms with E-state index in [1.54, 1.807) is 13.2 Å². The van der Waals surface area contributed by atoms with E-state index < -0.39 is 0 Å². The van der Waals surface area contributed by atoms with Gasteiger partial charge in [0.2, 0.25) is 0 Å². The molecule has 2 unspecified atom stereocenters. The van der Waals surface area contributed by atoms with Crippen molar-refractivity contribution >= 4 is 0 Å².